The zero-order valence-electron chi connectivity index (χ0n) is 17.9. The van der Waals surface area contributed by atoms with Crippen LogP contribution in [0.1, 0.15) is 96.8 Å². The zero-order valence-corrected chi connectivity index (χ0v) is 17.9. The zero-order chi connectivity index (χ0) is 19.8. The second kappa shape index (κ2) is 10.6. The summed E-state index contributed by atoms with van der Waals surface area (Å²) in [5.41, 5.74) is -0.526. The molecule has 0 unspecified atom stereocenters. The molecule has 3 fully saturated rings. The quantitative estimate of drug-likeness (QED) is 0.523. The average Bonchev–Trinajstić information content (AvgIpc) is 2.95. The molecule has 5 nitrogen and oxygen atoms in total. The Morgan fingerprint density at radius 1 is 1.07 bits per heavy atom. The van der Waals surface area contributed by atoms with Crippen molar-refractivity contribution in [1.82, 2.24) is 10.2 Å². The van der Waals surface area contributed by atoms with Gasteiger partial charge in [0.15, 0.2) is 5.96 Å². The van der Waals surface area contributed by atoms with Crippen molar-refractivity contribution in [2.75, 3.05) is 19.8 Å². The van der Waals surface area contributed by atoms with E-state index >= 15 is 0 Å². The number of carbonyl (C=O) groups excluding carboxylic acids is 1. The van der Waals surface area contributed by atoms with Crippen molar-refractivity contribution in [3.05, 3.63) is 0 Å². The number of ether oxygens (including phenoxy) is 1. The molecular weight excluding hydrogens is 350 g/mol. The Hall–Kier alpha value is -1.10. The first-order chi connectivity index (χ1) is 13.6. The van der Waals surface area contributed by atoms with Crippen molar-refractivity contribution in [3.8, 4) is 0 Å². The van der Waals surface area contributed by atoms with Gasteiger partial charge in [-0.3, -0.25) is 15.1 Å². The molecule has 0 radical (unpaired) electrons. The second-order valence-corrected chi connectivity index (χ2v) is 9.31. The highest BCUT2D eigenvalue weighted by molar-refractivity contribution is 6.07. The van der Waals surface area contributed by atoms with Gasteiger partial charge in [-0.05, 0) is 44.4 Å². The summed E-state index contributed by atoms with van der Waals surface area (Å²) in [5.74, 6) is 1.89. The normalized spacial score (nSPS) is 27.4. The number of nitrogens with one attached hydrogen (secondary N) is 2. The number of guanidine groups is 1. The SMILES string of the molecule is CCOCCCN1C(=N)N[C@](CCC2CCCCC2)(CC2CCCCC2)C1=O. The molecule has 0 aromatic carbocycles. The molecule has 0 bridgehead atoms. The molecule has 28 heavy (non-hydrogen) atoms. The Morgan fingerprint density at radius 3 is 2.36 bits per heavy atom. The standard InChI is InChI=1S/C23H41N3O2/c1-2-28-17-9-16-26-21(27)23(25-22(26)24,18-20-12-7-4-8-13-20)15-14-19-10-5-3-6-11-19/h19-20H,2-18H2,1H3,(H2,24,25)/t23-/m1/s1. The van der Waals surface area contributed by atoms with E-state index in [2.05, 4.69) is 5.32 Å². The van der Waals surface area contributed by atoms with Crippen LogP contribution in [-0.2, 0) is 9.53 Å². The minimum atomic E-state index is -0.526. The fraction of sp³-hybridized carbons (Fsp3) is 0.913. The lowest BCUT2D eigenvalue weighted by Crippen LogP contribution is -2.49. The van der Waals surface area contributed by atoms with Gasteiger partial charge < -0.3 is 10.1 Å². The fourth-order valence-electron chi connectivity index (χ4n) is 5.61. The third kappa shape index (κ3) is 5.49. The van der Waals surface area contributed by atoms with Crippen molar-refractivity contribution >= 4 is 11.9 Å². The number of amides is 1. The minimum Gasteiger partial charge on any atom is -0.382 e. The number of hydrogen-bond donors (Lipinski definition) is 2. The van der Waals surface area contributed by atoms with Crippen LogP contribution in [0.5, 0.6) is 0 Å². The van der Waals surface area contributed by atoms with Crippen LogP contribution in [-0.4, -0.2) is 42.1 Å². The summed E-state index contributed by atoms with van der Waals surface area (Å²) in [6.07, 6.45) is 16.9. The fourth-order valence-corrected chi connectivity index (χ4v) is 5.61. The summed E-state index contributed by atoms with van der Waals surface area (Å²) in [6.45, 7) is 3.95. The number of hydrogen-bond acceptors (Lipinski definition) is 3. The van der Waals surface area contributed by atoms with Crippen molar-refractivity contribution < 1.29 is 9.53 Å². The summed E-state index contributed by atoms with van der Waals surface area (Å²) < 4.78 is 5.44. The van der Waals surface area contributed by atoms with Crippen molar-refractivity contribution in [2.24, 2.45) is 11.8 Å². The Kier molecular flexibility index (Phi) is 8.19. The summed E-state index contributed by atoms with van der Waals surface area (Å²) >= 11 is 0. The predicted octanol–water partition coefficient (Wildman–Crippen LogP) is 4.85. The molecule has 3 rings (SSSR count). The topological polar surface area (TPSA) is 65.4 Å². The second-order valence-electron chi connectivity index (χ2n) is 9.31. The van der Waals surface area contributed by atoms with Crippen LogP contribution in [0, 0.1) is 17.2 Å². The van der Waals surface area contributed by atoms with Crippen LogP contribution in [0.2, 0.25) is 0 Å². The van der Waals surface area contributed by atoms with Crippen LogP contribution >= 0.6 is 0 Å². The van der Waals surface area contributed by atoms with E-state index in [-0.39, 0.29) is 5.91 Å². The Bertz CT molecular complexity index is 512. The minimum absolute atomic E-state index is 0.162. The first-order valence-electron chi connectivity index (χ1n) is 11.9. The van der Waals surface area contributed by atoms with Crippen molar-refractivity contribution in [3.63, 3.8) is 0 Å². The highest BCUT2D eigenvalue weighted by atomic mass is 16.5. The van der Waals surface area contributed by atoms with E-state index in [4.69, 9.17) is 10.1 Å². The summed E-state index contributed by atoms with van der Waals surface area (Å²) in [4.78, 5) is 15.2. The molecular formula is C23H41N3O2. The highest BCUT2D eigenvalue weighted by Gasteiger charge is 2.50. The van der Waals surface area contributed by atoms with Crippen LogP contribution in [0.15, 0.2) is 0 Å². The van der Waals surface area contributed by atoms with Crippen LogP contribution in [0.4, 0.5) is 0 Å². The van der Waals surface area contributed by atoms with Gasteiger partial charge >= 0.3 is 0 Å². The van der Waals surface area contributed by atoms with Gasteiger partial charge in [0.1, 0.15) is 5.54 Å². The third-order valence-corrected chi connectivity index (χ3v) is 7.22. The highest BCUT2D eigenvalue weighted by Crippen LogP contribution is 2.38. The van der Waals surface area contributed by atoms with E-state index < -0.39 is 5.54 Å². The van der Waals surface area contributed by atoms with Gasteiger partial charge in [-0.2, -0.15) is 0 Å². The Morgan fingerprint density at radius 2 is 1.71 bits per heavy atom. The van der Waals surface area contributed by atoms with E-state index in [9.17, 15) is 4.79 Å². The largest absolute Gasteiger partial charge is 0.382 e. The summed E-state index contributed by atoms with van der Waals surface area (Å²) in [6, 6.07) is 0. The Balaban J connectivity index is 1.65. The van der Waals surface area contributed by atoms with Crippen molar-refractivity contribution in [2.45, 2.75) is 102 Å². The first-order valence-corrected chi connectivity index (χ1v) is 11.9. The maximum Gasteiger partial charge on any atom is 0.255 e. The van der Waals surface area contributed by atoms with E-state index in [0.717, 1.165) is 31.6 Å². The van der Waals surface area contributed by atoms with Gasteiger partial charge in [0, 0.05) is 19.8 Å². The van der Waals surface area contributed by atoms with E-state index in [1.165, 1.54) is 64.2 Å². The third-order valence-electron chi connectivity index (χ3n) is 7.22. The lowest BCUT2D eigenvalue weighted by molar-refractivity contribution is -0.132. The summed E-state index contributed by atoms with van der Waals surface area (Å²) in [5, 5.41) is 11.9. The molecule has 160 valence electrons. The maximum atomic E-state index is 13.5. The van der Waals surface area contributed by atoms with Gasteiger partial charge in [0.2, 0.25) is 0 Å². The van der Waals surface area contributed by atoms with Gasteiger partial charge in [0.25, 0.3) is 5.91 Å². The molecule has 0 aromatic rings. The molecule has 3 aliphatic rings. The van der Waals surface area contributed by atoms with E-state index in [1.807, 2.05) is 6.92 Å². The molecule has 0 aromatic heterocycles. The molecule has 2 N–H and O–H groups in total. The molecule has 1 atom stereocenters. The molecule has 0 spiro atoms. The smallest absolute Gasteiger partial charge is 0.255 e. The monoisotopic (exact) mass is 391 g/mol. The molecule has 2 saturated carbocycles. The molecule has 5 heteroatoms. The van der Waals surface area contributed by atoms with Crippen LogP contribution in [0.3, 0.4) is 0 Å². The molecule has 2 aliphatic carbocycles. The van der Waals surface area contributed by atoms with Crippen molar-refractivity contribution in [1.29, 1.82) is 5.41 Å². The van der Waals surface area contributed by atoms with Gasteiger partial charge in [-0.15, -0.1) is 0 Å². The lowest BCUT2D eigenvalue weighted by Gasteiger charge is -2.34. The number of carbonyl (C=O) groups is 1. The first kappa shape index (κ1) is 21.6. The van der Waals surface area contributed by atoms with E-state index in [0.29, 0.717) is 31.6 Å². The molecule has 1 amide bonds. The Labute approximate surface area is 171 Å². The molecule has 1 aliphatic heterocycles. The molecule has 1 heterocycles. The van der Waals surface area contributed by atoms with Gasteiger partial charge in [0.05, 0.1) is 0 Å². The summed E-state index contributed by atoms with van der Waals surface area (Å²) in [7, 11) is 0. The molecule has 1 saturated heterocycles. The van der Waals surface area contributed by atoms with Crippen LogP contribution in [0.25, 0.3) is 0 Å². The lowest BCUT2D eigenvalue weighted by atomic mass is 9.75. The average molecular weight is 392 g/mol. The van der Waals surface area contributed by atoms with Gasteiger partial charge in [-0.1, -0.05) is 64.2 Å². The predicted molar refractivity (Wildman–Crippen MR) is 113 cm³/mol. The number of nitrogens with zero attached hydrogens (tertiary/aromatic N) is 1. The number of rotatable bonds is 10. The van der Waals surface area contributed by atoms with Gasteiger partial charge in [-0.25, -0.2) is 0 Å². The maximum absolute atomic E-state index is 13.5. The van der Waals surface area contributed by atoms with E-state index in [1.54, 1.807) is 4.90 Å². The van der Waals surface area contributed by atoms with Crippen LogP contribution < -0.4 is 5.32 Å².